The molecule has 1 heterocycles. The van der Waals surface area contributed by atoms with Crippen LogP contribution in [0.5, 0.6) is 0 Å². The highest BCUT2D eigenvalue weighted by Crippen LogP contribution is 2.08. The molecule has 0 aromatic carbocycles. The van der Waals surface area contributed by atoms with Crippen LogP contribution in [0.3, 0.4) is 0 Å². The lowest BCUT2D eigenvalue weighted by Gasteiger charge is -2.16. The molecule has 1 unspecified atom stereocenters. The van der Waals surface area contributed by atoms with Crippen LogP contribution >= 0.6 is 0 Å². The fourth-order valence-corrected chi connectivity index (χ4v) is 2.70. The van der Waals surface area contributed by atoms with Gasteiger partial charge < -0.3 is 5.32 Å². The number of aromatic nitrogens is 3. The third kappa shape index (κ3) is 4.43. The van der Waals surface area contributed by atoms with Crippen LogP contribution in [0.15, 0.2) is 6.33 Å². The fourth-order valence-electron chi connectivity index (χ4n) is 1.68. The minimum Gasteiger partial charge on any atom is -0.316 e. The average Bonchev–Trinajstić information content (AvgIpc) is 2.62. The van der Waals surface area contributed by atoms with Crippen LogP contribution < -0.4 is 5.32 Å². The van der Waals surface area contributed by atoms with Gasteiger partial charge in [-0.25, -0.2) is 18.1 Å². The molecule has 1 rings (SSSR count). The van der Waals surface area contributed by atoms with Crippen molar-refractivity contribution in [1.82, 2.24) is 20.1 Å². The Labute approximate surface area is 102 Å². The molecular weight excluding hydrogens is 240 g/mol. The normalized spacial score (nSPS) is 14.2. The summed E-state index contributed by atoms with van der Waals surface area (Å²) >= 11 is 0. The van der Waals surface area contributed by atoms with Gasteiger partial charge in [0.1, 0.15) is 22.0 Å². The number of nitrogens with one attached hydrogen (secondary N) is 1. The molecule has 1 aromatic rings. The first-order valence-electron chi connectivity index (χ1n) is 5.57. The predicted octanol–water partition coefficient (Wildman–Crippen LogP) is 0.0341. The van der Waals surface area contributed by atoms with E-state index in [1.54, 1.807) is 7.05 Å². The van der Waals surface area contributed by atoms with Crippen LogP contribution in [-0.4, -0.2) is 48.3 Å². The van der Waals surface area contributed by atoms with Crippen LogP contribution in [0.25, 0.3) is 0 Å². The Morgan fingerprint density at radius 3 is 2.59 bits per heavy atom. The lowest BCUT2D eigenvalue weighted by Crippen LogP contribution is -2.35. The Hall–Kier alpha value is -0.950. The van der Waals surface area contributed by atoms with Crippen molar-refractivity contribution in [1.29, 1.82) is 0 Å². The van der Waals surface area contributed by atoms with E-state index in [1.807, 2.05) is 18.5 Å². The molecule has 1 atom stereocenters. The van der Waals surface area contributed by atoms with Crippen molar-refractivity contribution >= 4 is 9.84 Å². The molecular formula is C10H20N4O2S. The second kappa shape index (κ2) is 5.59. The van der Waals surface area contributed by atoms with Gasteiger partial charge in [-0.05, 0) is 20.9 Å². The van der Waals surface area contributed by atoms with E-state index in [1.165, 1.54) is 12.6 Å². The van der Waals surface area contributed by atoms with E-state index in [9.17, 15) is 8.42 Å². The third-order valence-electron chi connectivity index (χ3n) is 2.48. The number of likely N-dealkylation sites (N-methyl/N-ethyl adjacent to an activating group) is 1. The van der Waals surface area contributed by atoms with Crippen molar-refractivity contribution in [3.05, 3.63) is 12.2 Å². The van der Waals surface area contributed by atoms with Gasteiger partial charge >= 0.3 is 0 Å². The molecule has 0 spiro atoms. The van der Waals surface area contributed by atoms with E-state index in [0.29, 0.717) is 6.42 Å². The molecule has 0 fully saturated rings. The van der Waals surface area contributed by atoms with Crippen molar-refractivity contribution in [3.63, 3.8) is 0 Å². The molecule has 0 aliphatic heterocycles. The summed E-state index contributed by atoms with van der Waals surface area (Å²) in [6, 6.07) is 0.0925. The van der Waals surface area contributed by atoms with E-state index in [-0.39, 0.29) is 17.8 Å². The lowest BCUT2D eigenvalue weighted by atomic mass is 10.2. The van der Waals surface area contributed by atoms with E-state index in [4.69, 9.17) is 0 Å². The van der Waals surface area contributed by atoms with Gasteiger partial charge in [-0.3, -0.25) is 0 Å². The fraction of sp³-hybridized carbons (Fsp3) is 0.800. The van der Waals surface area contributed by atoms with Gasteiger partial charge in [0.05, 0.1) is 5.75 Å². The van der Waals surface area contributed by atoms with Crippen LogP contribution in [0.2, 0.25) is 0 Å². The number of hydrogen-bond donors (Lipinski definition) is 1. The molecule has 0 saturated heterocycles. The monoisotopic (exact) mass is 260 g/mol. The van der Waals surface area contributed by atoms with Gasteiger partial charge in [0, 0.05) is 24.8 Å². The second-order valence-electron chi connectivity index (χ2n) is 4.50. The quantitative estimate of drug-likeness (QED) is 0.781. The van der Waals surface area contributed by atoms with Crippen LogP contribution in [0.4, 0.5) is 0 Å². The molecule has 7 heteroatoms. The van der Waals surface area contributed by atoms with Crippen molar-refractivity contribution in [3.8, 4) is 0 Å². The maximum Gasteiger partial charge on any atom is 0.148 e. The summed E-state index contributed by atoms with van der Waals surface area (Å²) in [6.07, 6.45) is 3.30. The van der Waals surface area contributed by atoms with Crippen LogP contribution in [-0.2, 0) is 16.3 Å². The molecule has 0 aliphatic carbocycles. The molecule has 17 heavy (non-hydrogen) atoms. The minimum absolute atomic E-state index is 0.106. The molecule has 0 bridgehead atoms. The molecule has 98 valence electrons. The summed E-state index contributed by atoms with van der Waals surface area (Å²) in [6.45, 7) is 4.03. The smallest absolute Gasteiger partial charge is 0.148 e. The van der Waals surface area contributed by atoms with Crippen molar-refractivity contribution in [2.24, 2.45) is 0 Å². The molecule has 0 aliphatic rings. The molecule has 6 nitrogen and oxygen atoms in total. The molecule has 0 radical (unpaired) electrons. The van der Waals surface area contributed by atoms with Crippen molar-refractivity contribution in [2.45, 2.75) is 32.4 Å². The van der Waals surface area contributed by atoms with Gasteiger partial charge in [-0.1, -0.05) is 0 Å². The zero-order valence-electron chi connectivity index (χ0n) is 10.7. The standard InChI is InChI=1S/C10H20N4O2S/c1-8(2)14-10(12-7-13-14)5-9(11-3)6-17(4,15)16/h7-9,11H,5-6H2,1-4H3. The highest BCUT2D eigenvalue weighted by atomic mass is 32.2. The SMILES string of the molecule is CNC(Cc1ncnn1C(C)C)CS(C)(=O)=O. The summed E-state index contributed by atoms with van der Waals surface area (Å²) in [5, 5.41) is 7.13. The van der Waals surface area contributed by atoms with Crippen LogP contribution in [0, 0.1) is 0 Å². The summed E-state index contributed by atoms with van der Waals surface area (Å²) in [7, 11) is -1.24. The van der Waals surface area contributed by atoms with Crippen molar-refractivity contribution in [2.75, 3.05) is 19.1 Å². The van der Waals surface area contributed by atoms with Gasteiger partial charge in [0.25, 0.3) is 0 Å². The number of rotatable bonds is 6. The van der Waals surface area contributed by atoms with Gasteiger partial charge in [-0.2, -0.15) is 5.10 Å². The highest BCUT2D eigenvalue weighted by Gasteiger charge is 2.17. The summed E-state index contributed by atoms with van der Waals surface area (Å²) in [4.78, 5) is 4.17. The first kappa shape index (κ1) is 14.1. The highest BCUT2D eigenvalue weighted by molar-refractivity contribution is 7.90. The summed E-state index contributed by atoms with van der Waals surface area (Å²) in [5.74, 6) is 0.914. The van der Waals surface area contributed by atoms with Gasteiger partial charge in [0.2, 0.25) is 0 Å². The lowest BCUT2D eigenvalue weighted by molar-refractivity contribution is 0.481. The summed E-state index contributed by atoms with van der Waals surface area (Å²) in [5.41, 5.74) is 0. The first-order chi connectivity index (χ1) is 7.83. The van der Waals surface area contributed by atoms with Crippen LogP contribution in [0.1, 0.15) is 25.7 Å². The second-order valence-corrected chi connectivity index (χ2v) is 6.68. The Morgan fingerprint density at radius 2 is 2.12 bits per heavy atom. The zero-order chi connectivity index (χ0) is 13.1. The number of sulfone groups is 1. The number of nitrogens with zero attached hydrogens (tertiary/aromatic N) is 3. The largest absolute Gasteiger partial charge is 0.316 e. The molecule has 1 aromatic heterocycles. The Morgan fingerprint density at radius 1 is 1.47 bits per heavy atom. The molecule has 1 N–H and O–H groups in total. The Bertz CT molecular complexity index is 453. The Kier molecular flexibility index (Phi) is 4.64. The van der Waals surface area contributed by atoms with E-state index < -0.39 is 9.84 Å². The summed E-state index contributed by atoms with van der Waals surface area (Å²) < 4.78 is 24.3. The van der Waals surface area contributed by atoms with Gasteiger partial charge in [-0.15, -0.1) is 0 Å². The van der Waals surface area contributed by atoms with E-state index in [0.717, 1.165) is 5.82 Å². The predicted molar refractivity (Wildman–Crippen MR) is 66.7 cm³/mol. The van der Waals surface area contributed by atoms with E-state index in [2.05, 4.69) is 15.4 Å². The topological polar surface area (TPSA) is 76.9 Å². The van der Waals surface area contributed by atoms with Gasteiger partial charge in [0.15, 0.2) is 0 Å². The number of hydrogen-bond acceptors (Lipinski definition) is 5. The molecule has 0 saturated carbocycles. The Balaban J connectivity index is 2.77. The maximum absolute atomic E-state index is 11.3. The maximum atomic E-state index is 11.3. The minimum atomic E-state index is -2.99. The van der Waals surface area contributed by atoms with E-state index >= 15 is 0 Å². The zero-order valence-corrected chi connectivity index (χ0v) is 11.5. The molecule has 0 amide bonds. The average molecular weight is 260 g/mol. The van der Waals surface area contributed by atoms with Crippen molar-refractivity contribution < 1.29 is 8.42 Å². The third-order valence-corrected chi connectivity index (χ3v) is 3.49. The first-order valence-corrected chi connectivity index (χ1v) is 7.63.